The highest BCUT2D eigenvalue weighted by Crippen LogP contribution is 2.16. The molecule has 0 fully saturated rings. The molecule has 2 rings (SSSR count). The van der Waals surface area contributed by atoms with E-state index in [2.05, 4.69) is 55.0 Å². The largest absolute Gasteiger partial charge is 0.320 e. The minimum absolute atomic E-state index is 0.860. The van der Waals surface area contributed by atoms with Crippen molar-refractivity contribution in [3.63, 3.8) is 0 Å². The molecule has 108 valence electrons. The molecule has 3 heteroatoms. The summed E-state index contributed by atoms with van der Waals surface area (Å²) in [6.45, 7) is 8.34. The van der Waals surface area contributed by atoms with E-state index in [0.717, 1.165) is 25.9 Å². The van der Waals surface area contributed by atoms with Gasteiger partial charge in [0, 0.05) is 5.69 Å². The first kappa shape index (κ1) is 14.8. The normalized spacial score (nSPS) is 11.0. The quantitative estimate of drug-likeness (QED) is 0.819. The van der Waals surface area contributed by atoms with Crippen molar-refractivity contribution in [2.45, 2.75) is 40.2 Å². The molecular formula is C17H25N3. The van der Waals surface area contributed by atoms with Crippen molar-refractivity contribution in [2.75, 3.05) is 13.6 Å². The molecule has 1 N–H and O–H groups in total. The van der Waals surface area contributed by atoms with E-state index in [4.69, 9.17) is 5.10 Å². The van der Waals surface area contributed by atoms with E-state index in [1.54, 1.807) is 0 Å². The van der Waals surface area contributed by atoms with Crippen molar-refractivity contribution in [1.82, 2.24) is 15.1 Å². The maximum atomic E-state index is 4.70. The second-order valence-electron chi connectivity index (χ2n) is 5.50. The zero-order valence-corrected chi connectivity index (χ0v) is 13.0. The van der Waals surface area contributed by atoms with Gasteiger partial charge in [-0.3, -0.25) is 4.68 Å². The van der Waals surface area contributed by atoms with Gasteiger partial charge in [-0.1, -0.05) is 29.8 Å². The van der Waals surface area contributed by atoms with E-state index >= 15 is 0 Å². The summed E-state index contributed by atoms with van der Waals surface area (Å²) in [4.78, 5) is 0. The minimum atomic E-state index is 0.860. The van der Waals surface area contributed by atoms with E-state index in [0.29, 0.717) is 0 Å². The molecule has 0 bridgehead atoms. The third kappa shape index (κ3) is 3.48. The molecular weight excluding hydrogens is 246 g/mol. The molecule has 0 aliphatic carbocycles. The van der Waals surface area contributed by atoms with Crippen molar-refractivity contribution in [1.29, 1.82) is 0 Å². The van der Waals surface area contributed by atoms with Gasteiger partial charge in [0.25, 0.3) is 0 Å². The molecule has 0 saturated carbocycles. The standard InChI is InChI=1S/C17H25N3/c1-13-7-9-16(10-8-13)12-20-15(3)17(14(2)19-20)6-5-11-18-4/h7-10,18H,5-6,11-12H2,1-4H3. The van der Waals surface area contributed by atoms with Crippen LogP contribution in [0.2, 0.25) is 0 Å². The van der Waals surface area contributed by atoms with Gasteiger partial charge in [-0.25, -0.2) is 0 Å². The maximum absolute atomic E-state index is 4.70. The zero-order chi connectivity index (χ0) is 14.5. The maximum Gasteiger partial charge on any atom is 0.0662 e. The van der Waals surface area contributed by atoms with Crippen LogP contribution in [0.4, 0.5) is 0 Å². The Balaban J connectivity index is 2.12. The SMILES string of the molecule is CNCCCc1c(C)nn(Cc2ccc(C)cc2)c1C. The molecule has 0 aliphatic rings. The predicted molar refractivity (Wildman–Crippen MR) is 84.2 cm³/mol. The van der Waals surface area contributed by atoms with Crippen molar-refractivity contribution in [2.24, 2.45) is 0 Å². The molecule has 3 nitrogen and oxygen atoms in total. The highest BCUT2D eigenvalue weighted by Gasteiger charge is 2.11. The third-order valence-electron chi connectivity index (χ3n) is 3.84. The number of hydrogen-bond donors (Lipinski definition) is 1. The Labute approximate surface area is 122 Å². The van der Waals surface area contributed by atoms with E-state index < -0.39 is 0 Å². The average molecular weight is 271 g/mol. The molecule has 0 atom stereocenters. The highest BCUT2D eigenvalue weighted by molar-refractivity contribution is 5.27. The van der Waals surface area contributed by atoms with Crippen molar-refractivity contribution in [3.05, 3.63) is 52.3 Å². The Hall–Kier alpha value is -1.61. The second-order valence-corrected chi connectivity index (χ2v) is 5.50. The minimum Gasteiger partial charge on any atom is -0.320 e. The van der Waals surface area contributed by atoms with Crippen LogP contribution in [0.5, 0.6) is 0 Å². The number of hydrogen-bond acceptors (Lipinski definition) is 2. The molecule has 1 aromatic heterocycles. The Morgan fingerprint density at radius 1 is 1.10 bits per heavy atom. The lowest BCUT2D eigenvalue weighted by atomic mass is 10.1. The predicted octanol–water partition coefficient (Wildman–Crippen LogP) is 3.01. The van der Waals surface area contributed by atoms with Crippen molar-refractivity contribution in [3.8, 4) is 0 Å². The molecule has 1 heterocycles. The van der Waals surface area contributed by atoms with E-state index in [-0.39, 0.29) is 0 Å². The lowest BCUT2D eigenvalue weighted by Gasteiger charge is -2.06. The first-order valence-corrected chi connectivity index (χ1v) is 7.35. The van der Waals surface area contributed by atoms with Gasteiger partial charge in [-0.2, -0.15) is 5.10 Å². The van der Waals surface area contributed by atoms with E-state index in [1.165, 1.54) is 28.1 Å². The first-order chi connectivity index (χ1) is 9.61. The summed E-state index contributed by atoms with van der Waals surface area (Å²) in [6, 6.07) is 8.70. The smallest absolute Gasteiger partial charge is 0.0662 e. The number of aryl methyl sites for hydroxylation is 2. The number of nitrogens with zero attached hydrogens (tertiary/aromatic N) is 2. The van der Waals surface area contributed by atoms with Crippen LogP contribution in [0.3, 0.4) is 0 Å². The van der Waals surface area contributed by atoms with E-state index in [9.17, 15) is 0 Å². The fourth-order valence-corrected chi connectivity index (χ4v) is 2.56. The van der Waals surface area contributed by atoms with Crippen molar-refractivity contribution < 1.29 is 0 Å². The topological polar surface area (TPSA) is 29.9 Å². The summed E-state index contributed by atoms with van der Waals surface area (Å²) in [6.07, 6.45) is 2.26. The highest BCUT2D eigenvalue weighted by atomic mass is 15.3. The first-order valence-electron chi connectivity index (χ1n) is 7.35. The molecule has 20 heavy (non-hydrogen) atoms. The molecule has 0 amide bonds. The van der Waals surface area contributed by atoms with Gasteiger partial charge in [0.1, 0.15) is 0 Å². The van der Waals surface area contributed by atoms with Crippen LogP contribution in [0.1, 0.15) is 34.5 Å². The summed E-state index contributed by atoms with van der Waals surface area (Å²) in [5.41, 5.74) is 6.50. The summed E-state index contributed by atoms with van der Waals surface area (Å²) in [5, 5.41) is 7.90. The Morgan fingerprint density at radius 2 is 1.80 bits per heavy atom. The molecule has 0 saturated heterocycles. The van der Waals surface area contributed by atoms with Gasteiger partial charge in [0.15, 0.2) is 0 Å². The Bertz CT molecular complexity index is 552. The molecule has 0 unspecified atom stereocenters. The number of benzene rings is 1. The van der Waals surface area contributed by atoms with Crippen LogP contribution in [-0.2, 0) is 13.0 Å². The Morgan fingerprint density at radius 3 is 2.45 bits per heavy atom. The van der Waals surface area contributed by atoms with Crippen LogP contribution in [0.25, 0.3) is 0 Å². The van der Waals surface area contributed by atoms with Gasteiger partial charge < -0.3 is 5.32 Å². The molecule has 1 aromatic carbocycles. The summed E-state index contributed by atoms with van der Waals surface area (Å²) < 4.78 is 2.13. The van der Waals surface area contributed by atoms with Crippen LogP contribution in [0, 0.1) is 20.8 Å². The van der Waals surface area contributed by atoms with Gasteiger partial charge in [0.05, 0.1) is 12.2 Å². The van der Waals surface area contributed by atoms with Crippen molar-refractivity contribution >= 4 is 0 Å². The fraction of sp³-hybridized carbons (Fsp3) is 0.471. The van der Waals surface area contributed by atoms with Crippen LogP contribution in [-0.4, -0.2) is 23.4 Å². The summed E-state index contributed by atoms with van der Waals surface area (Å²) in [7, 11) is 2.00. The van der Waals surface area contributed by atoms with E-state index in [1.807, 2.05) is 7.05 Å². The van der Waals surface area contributed by atoms with Crippen LogP contribution < -0.4 is 5.32 Å². The summed E-state index contributed by atoms with van der Waals surface area (Å²) >= 11 is 0. The fourth-order valence-electron chi connectivity index (χ4n) is 2.56. The van der Waals surface area contributed by atoms with Gasteiger partial charge >= 0.3 is 0 Å². The monoisotopic (exact) mass is 271 g/mol. The third-order valence-corrected chi connectivity index (χ3v) is 3.84. The number of aromatic nitrogens is 2. The molecule has 2 aromatic rings. The number of rotatable bonds is 6. The lowest BCUT2D eigenvalue weighted by Crippen LogP contribution is -2.09. The molecule has 0 spiro atoms. The second kappa shape index (κ2) is 6.71. The van der Waals surface area contributed by atoms with Gasteiger partial charge in [-0.05, 0) is 58.3 Å². The Kier molecular flexibility index (Phi) is 4.96. The van der Waals surface area contributed by atoms with Gasteiger partial charge in [-0.15, -0.1) is 0 Å². The lowest BCUT2D eigenvalue weighted by molar-refractivity contribution is 0.656. The van der Waals surface area contributed by atoms with Gasteiger partial charge in [0.2, 0.25) is 0 Å². The molecule has 0 radical (unpaired) electrons. The van der Waals surface area contributed by atoms with Crippen LogP contribution >= 0.6 is 0 Å². The number of nitrogens with one attached hydrogen (secondary N) is 1. The van der Waals surface area contributed by atoms with Crippen LogP contribution in [0.15, 0.2) is 24.3 Å². The average Bonchev–Trinajstić information content (AvgIpc) is 2.69. The molecule has 0 aliphatic heterocycles. The summed E-state index contributed by atoms with van der Waals surface area (Å²) in [5.74, 6) is 0. The zero-order valence-electron chi connectivity index (χ0n) is 13.0.